The van der Waals surface area contributed by atoms with Crippen molar-refractivity contribution in [2.45, 2.75) is 29.0 Å². The Hall–Kier alpha value is -2.59. The molecular formula is C22H20N2O6S2. The standard InChI is InChI=1S/C22H20N2O6S2/c25-11-4-2-1-3-8(11)13-14-9-7-10(17(14)31-19-18(13)32-22(30)23-19)16-15(9)20(28)24(21(16)29)6-5-12(26)27/h1-4,9-10,13-17,25H,5-7H2,(H,23,30)(H,26,27)/t9-,10+,13-,14+,15+,16+,17-/m0/s1. The maximum Gasteiger partial charge on any atom is 0.305 e. The molecule has 3 heterocycles. The minimum absolute atomic E-state index is 0.00896. The Bertz CT molecular complexity index is 1220. The lowest BCUT2D eigenvalue weighted by Gasteiger charge is -2.43. The second-order valence-electron chi connectivity index (χ2n) is 8.99. The third kappa shape index (κ3) is 2.62. The number of aromatic amines is 1. The number of H-pyrrole nitrogens is 1. The summed E-state index contributed by atoms with van der Waals surface area (Å²) in [5, 5.41) is 20.5. The van der Waals surface area contributed by atoms with Crippen LogP contribution in [0, 0.1) is 29.6 Å². The van der Waals surface area contributed by atoms with Crippen LogP contribution in [0.2, 0.25) is 0 Å². The van der Waals surface area contributed by atoms with Crippen molar-refractivity contribution in [2.24, 2.45) is 29.6 Å². The summed E-state index contributed by atoms with van der Waals surface area (Å²) in [5.74, 6) is -2.56. The lowest BCUT2D eigenvalue weighted by molar-refractivity contribution is -0.142. The number of carboxylic acid groups (broad SMARTS) is 1. The van der Waals surface area contributed by atoms with Crippen LogP contribution in [0.15, 0.2) is 34.1 Å². The number of para-hydroxylation sites is 1. The number of likely N-dealkylation sites (tertiary alicyclic amines) is 1. The number of thioether (sulfide) groups is 1. The molecule has 6 rings (SSSR count). The Morgan fingerprint density at radius 1 is 1.12 bits per heavy atom. The number of phenols is 1. The molecule has 7 atom stereocenters. The Labute approximate surface area is 190 Å². The van der Waals surface area contributed by atoms with E-state index < -0.39 is 17.8 Å². The number of imide groups is 1. The Balaban J connectivity index is 1.43. The predicted molar refractivity (Wildman–Crippen MR) is 116 cm³/mol. The molecule has 1 aromatic carbocycles. The first-order valence-electron chi connectivity index (χ1n) is 10.6. The summed E-state index contributed by atoms with van der Waals surface area (Å²) in [6.07, 6.45) is 0.498. The van der Waals surface area contributed by atoms with Crippen molar-refractivity contribution in [3.05, 3.63) is 44.4 Å². The van der Waals surface area contributed by atoms with Crippen LogP contribution < -0.4 is 4.87 Å². The van der Waals surface area contributed by atoms with Gasteiger partial charge in [-0.3, -0.25) is 24.1 Å². The second-order valence-corrected chi connectivity index (χ2v) is 11.2. The fraction of sp³-hybridized carbons (Fsp3) is 0.455. The minimum Gasteiger partial charge on any atom is -0.508 e. The van der Waals surface area contributed by atoms with Crippen molar-refractivity contribution in [1.82, 2.24) is 9.88 Å². The molecule has 2 aliphatic heterocycles. The van der Waals surface area contributed by atoms with Crippen LogP contribution in [0.3, 0.4) is 0 Å². The number of carbonyl (C=O) groups excluding carboxylic acids is 2. The highest BCUT2D eigenvalue weighted by Gasteiger charge is 2.69. The number of carbonyl (C=O) groups is 3. The van der Waals surface area contributed by atoms with Crippen molar-refractivity contribution < 1.29 is 24.6 Å². The van der Waals surface area contributed by atoms with Gasteiger partial charge in [0.2, 0.25) is 11.8 Å². The van der Waals surface area contributed by atoms with Crippen LogP contribution in [-0.4, -0.2) is 49.7 Å². The summed E-state index contributed by atoms with van der Waals surface area (Å²) in [4.78, 5) is 54.4. The number of amides is 2. The van der Waals surface area contributed by atoms with E-state index in [2.05, 4.69) is 4.98 Å². The van der Waals surface area contributed by atoms with Gasteiger partial charge < -0.3 is 15.2 Å². The largest absolute Gasteiger partial charge is 0.508 e. The van der Waals surface area contributed by atoms with Crippen molar-refractivity contribution in [2.75, 3.05) is 6.54 Å². The summed E-state index contributed by atoms with van der Waals surface area (Å²) in [6.45, 7) is -0.0918. The molecule has 4 aliphatic rings. The number of benzene rings is 1. The number of aromatic hydroxyl groups is 1. The van der Waals surface area contributed by atoms with Gasteiger partial charge in [-0.15, -0.1) is 11.8 Å². The highest BCUT2D eigenvalue weighted by atomic mass is 32.2. The monoisotopic (exact) mass is 472 g/mol. The van der Waals surface area contributed by atoms with Gasteiger partial charge in [0.15, 0.2) is 0 Å². The highest BCUT2D eigenvalue weighted by molar-refractivity contribution is 8.00. The molecule has 2 bridgehead atoms. The summed E-state index contributed by atoms with van der Waals surface area (Å²) in [6, 6.07) is 7.11. The minimum atomic E-state index is -1.04. The number of aliphatic carboxylic acids is 1. The molecule has 2 amide bonds. The fourth-order valence-corrected chi connectivity index (χ4v) is 9.48. The van der Waals surface area contributed by atoms with E-state index in [0.717, 1.165) is 38.1 Å². The normalized spacial score (nSPS) is 34.5. The van der Waals surface area contributed by atoms with E-state index in [9.17, 15) is 24.3 Å². The number of hydrogen-bond donors (Lipinski definition) is 3. The van der Waals surface area contributed by atoms with Crippen molar-refractivity contribution in [1.29, 1.82) is 0 Å². The number of nitrogens with one attached hydrogen (secondary N) is 1. The molecule has 1 saturated heterocycles. The number of carboxylic acids is 1. The molecule has 1 aromatic heterocycles. The van der Waals surface area contributed by atoms with E-state index in [1.807, 2.05) is 12.1 Å². The number of fused-ring (bicyclic) bond motifs is 9. The smallest absolute Gasteiger partial charge is 0.305 e. The summed E-state index contributed by atoms with van der Waals surface area (Å²) >= 11 is 2.73. The number of aromatic nitrogens is 1. The lowest BCUT2D eigenvalue weighted by Crippen LogP contribution is -2.42. The Morgan fingerprint density at radius 3 is 2.56 bits per heavy atom. The molecule has 166 valence electrons. The van der Waals surface area contributed by atoms with Crippen LogP contribution >= 0.6 is 23.1 Å². The van der Waals surface area contributed by atoms with Crippen LogP contribution in [0.25, 0.3) is 0 Å². The summed E-state index contributed by atoms with van der Waals surface area (Å²) < 4.78 is 0. The van der Waals surface area contributed by atoms with Crippen LogP contribution in [0.4, 0.5) is 0 Å². The van der Waals surface area contributed by atoms with Gasteiger partial charge in [-0.2, -0.15) is 0 Å². The zero-order chi connectivity index (χ0) is 22.3. The van der Waals surface area contributed by atoms with Gasteiger partial charge in [0.1, 0.15) is 5.75 Å². The molecule has 0 unspecified atom stereocenters. The number of rotatable bonds is 4. The van der Waals surface area contributed by atoms with Crippen molar-refractivity contribution in [3.8, 4) is 5.75 Å². The average Bonchev–Trinajstić information content (AvgIpc) is 3.46. The maximum absolute atomic E-state index is 13.2. The first kappa shape index (κ1) is 20.0. The van der Waals surface area contributed by atoms with Gasteiger partial charge in [-0.25, -0.2) is 0 Å². The third-order valence-electron chi connectivity index (χ3n) is 7.64. The first-order chi connectivity index (χ1) is 15.4. The third-order valence-corrected chi connectivity index (χ3v) is 10.2. The molecule has 0 spiro atoms. The van der Waals surface area contributed by atoms with E-state index in [-0.39, 0.29) is 64.3 Å². The van der Waals surface area contributed by atoms with Gasteiger partial charge in [0, 0.05) is 28.2 Å². The Morgan fingerprint density at radius 2 is 1.84 bits per heavy atom. The zero-order valence-electron chi connectivity index (χ0n) is 16.8. The molecule has 2 aliphatic carbocycles. The maximum atomic E-state index is 13.2. The predicted octanol–water partition coefficient (Wildman–Crippen LogP) is 2.09. The van der Waals surface area contributed by atoms with Crippen molar-refractivity contribution in [3.63, 3.8) is 0 Å². The van der Waals surface area contributed by atoms with Gasteiger partial charge in [0.05, 0.1) is 23.3 Å². The van der Waals surface area contributed by atoms with Gasteiger partial charge in [0.25, 0.3) is 0 Å². The van der Waals surface area contributed by atoms with Gasteiger partial charge in [-0.1, -0.05) is 29.5 Å². The van der Waals surface area contributed by atoms with Gasteiger partial charge >= 0.3 is 10.8 Å². The first-order valence-corrected chi connectivity index (χ1v) is 12.3. The van der Waals surface area contributed by atoms with E-state index in [4.69, 9.17) is 5.11 Å². The van der Waals surface area contributed by atoms with E-state index in [0.29, 0.717) is 0 Å². The molecule has 10 heteroatoms. The number of phenolic OH excluding ortho intramolecular Hbond substituents is 1. The van der Waals surface area contributed by atoms with Crippen LogP contribution in [0.1, 0.15) is 29.2 Å². The zero-order valence-corrected chi connectivity index (χ0v) is 18.4. The number of hydrogen-bond acceptors (Lipinski definition) is 7. The number of thiazole rings is 1. The average molecular weight is 473 g/mol. The fourth-order valence-electron chi connectivity index (χ4n) is 6.61. The summed E-state index contributed by atoms with van der Waals surface area (Å²) in [5.41, 5.74) is 0.739. The van der Waals surface area contributed by atoms with Crippen molar-refractivity contribution >= 4 is 40.9 Å². The highest BCUT2D eigenvalue weighted by Crippen LogP contribution is 2.68. The SMILES string of the molecule is O=C(O)CCN1C(=O)[C@@H]2[C@H]3C[C@@H]([C@@H]4Sc5[nH]c(=O)sc5[C@@H](c5ccccc5O)[C@@H]34)[C@H]2C1=O. The Kier molecular flexibility index (Phi) is 4.36. The summed E-state index contributed by atoms with van der Waals surface area (Å²) in [7, 11) is 0. The van der Waals surface area contributed by atoms with E-state index in [1.54, 1.807) is 23.9 Å². The second kappa shape index (κ2) is 6.95. The van der Waals surface area contributed by atoms with E-state index in [1.165, 1.54) is 0 Å². The lowest BCUT2D eigenvalue weighted by atomic mass is 9.68. The molecule has 8 nitrogen and oxygen atoms in total. The van der Waals surface area contributed by atoms with Crippen LogP contribution in [-0.2, 0) is 14.4 Å². The number of nitrogens with zero attached hydrogens (tertiary/aromatic N) is 1. The van der Waals surface area contributed by atoms with Crippen LogP contribution in [0.5, 0.6) is 5.75 Å². The topological polar surface area (TPSA) is 128 Å². The van der Waals surface area contributed by atoms with Gasteiger partial charge in [-0.05, 0) is 30.2 Å². The molecule has 2 aromatic rings. The molecule has 2 saturated carbocycles. The molecular weight excluding hydrogens is 452 g/mol. The molecule has 0 radical (unpaired) electrons. The quantitative estimate of drug-likeness (QED) is 0.582. The molecule has 3 N–H and O–H groups in total. The molecule has 32 heavy (non-hydrogen) atoms. The van der Waals surface area contributed by atoms with E-state index >= 15 is 0 Å². The molecule has 3 fully saturated rings.